The second-order valence-corrected chi connectivity index (χ2v) is 16.4. The van der Waals surface area contributed by atoms with Crippen molar-refractivity contribution in [1.82, 2.24) is 29.9 Å². The van der Waals surface area contributed by atoms with Crippen LogP contribution >= 0.6 is 0 Å². The number of fused-ring (bicyclic) bond motifs is 2. The van der Waals surface area contributed by atoms with Gasteiger partial charge < -0.3 is 16.8 Å². The smallest absolute Gasteiger partial charge is 0.194 e. The highest BCUT2D eigenvalue weighted by atomic mass is 32.2. The van der Waals surface area contributed by atoms with Crippen LogP contribution in [0.25, 0.3) is 22.5 Å². The van der Waals surface area contributed by atoms with E-state index in [4.69, 9.17) is 11.5 Å². The highest BCUT2D eigenvalue weighted by molar-refractivity contribution is 7.94. The van der Waals surface area contributed by atoms with Crippen LogP contribution < -0.4 is 16.8 Å². The zero-order valence-electron chi connectivity index (χ0n) is 26.1. The first kappa shape index (κ1) is 28.9. The Labute approximate surface area is 271 Å². The number of carbonyl (C=O) groups is 1. The largest absolute Gasteiger partial charge is 0.383 e. The Morgan fingerprint density at radius 1 is 1.21 bits per heavy atom. The summed E-state index contributed by atoms with van der Waals surface area (Å²) in [6.45, 7) is 3.07. The number of nitrogens with one attached hydrogen (secondary N) is 2. The van der Waals surface area contributed by atoms with Gasteiger partial charge >= 0.3 is 0 Å². The number of likely N-dealkylation sites (tertiary alicyclic amines) is 1. The third-order valence-corrected chi connectivity index (χ3v) is 13.5. The molecule has 3 saturated carbocycles. The lowest BCUT2D eigenvalue weighted by Gasteiger charge is -2.48. The molecule has 3 unspecified atom stereocenters. The number of halogens is 1. The summed E-state index contributed by atoms with van der Waals surface area (Å²) in [6.07, 6.45) is 11.9. The van der Waals surface area contributed by atoms with Gasteiger partial charge in [0.1, 0.15) is 33.9 Å². The van der Waals surface area contributed by atoms with Crippen molar-refractivity contribution in [2.24, 2.45) is 28.9 Å². The lowest BCUT2D eigenvalue weighted by molar-refractivity contribution is 0.0740. The Hall–Kier alpha value is -4.30. The number of allylic oxidation sites excluding steroid dienone is 4. The van der Waals surface area contributed by atoms with Crippen molar-refractivity contribution in [3.8, 4) is 11.1 Å². The van der Waals surface area contributed by atoms with Crippen molar-refractivity contribution in [2.75, 3.05) is 30.4 Å². The van der Waals surface area contributed by atoms with Gasteiger partial charge in [-0.05, 0) is 61.8 Å². The molecule has 1 saturated heterocycles. The number of ketones is 1. The van der Waals surface area contributed by atoms with Crippen LogP contribution in [0.1, 0.15) is 55.2 Å². The third kappa shape index (κ3) is 3.79. The van der Waals surface area contributed by atoms with Crippen LogP contribution in [0, 0.1) is 23.2 Å². The van der Waals surface area contributed by atoms with E-state index in [9.17, 15) is 17.6 Å². The average Bonchev–Trinajstić information content (AvgIpc) is 3.62. The molecule has 2 aliphatic heterocycles. The average molecular weight is 658 g/mol. The molecule has 9 rings (SSSR count). The summed E-state index contributed by atoms with van der Waals surface area (Å²) in [5, 5.41) is 14.8. The Morgan fingerprint density at radius 3 is 2.74 bits per heavy atom. The van der Waals surface area contributed by atoms with Gasteiger partial charge in [-0.25, -0.2) is 17.5 Å². The number of hydrogen-bond donors (Lipinski definition) is 4. The number of anilines is 2. The fraction of sp³-hybridized carbons (Fsp3) is 0.455. The quantitative estimate of drug-likeness (QED) is 0.275. The van der Waals surface area contributed by atoms with Gasteiger partial charge in [0.15, 0.2) is 15.6 Å². The summed E-state index contributed by atoms with van der Waals surface area (Å²) in [5.74, 6) is 1.60. The number of nitrogen functional groups attached to an aromatic ring is 1. The number of H-pyrrole nitrogens is 1. The summed E-state index contributed by atoms with van der Waals surface area (Å²) >= 11 is 0. The molecule has 1 spiro atoms. The minimum absolute atomic E-state index is 0.0553. The van der Waals surface area contributed by atoms with Crippen LogP contribution in [0.2, 0.25) is 0 Å². The van der Waals surface area contributed by atoms with Crippen LogP contribution in [0.15, 0.2) is 53.5 Å². The first-order valence-corrected chi connectivity index (χ1v) is 17.9. The molecule has 4 aliphatic carbocycles. The van der Waals surface area contributed by atoms with E-state index in [1.165, 1.54) is 10.9 Å². The van der Waals surface area contributed by atoms with Crippen molar-refractivity contribution in [1.29, 1.82) is 0 Å². The highest BCUT2D eigenvalue weighted by Crippen LogP contribution is 2.91. The fourth-order valence-corrected chi connectivity index (χ4v) is 11.5. The number of aromatic nitrogens is 5. The van der Waals surface area contributed by atoms with E-state index in [0.29, 0.717) is 53.0 Å². The van der Waals surface area contributed by atoms with Crippen molar-refractivity contribution in [2.45, 2.75) is 50.1 Å². The molecule has 244 valence electrons. The Kier molecular flexibility index (Phi) is 5.65. The normalized spacial score (nSPS) is 33.7. The van der Waals surface area contributed by atoms with Crippen LogP contribution in [0.3, 0.4) is 0 Å². The second kappa shape index (κ2) is 9.19. The summed E-state index contributed by atoms with van der Waals surface area (Å²) < 4.78 is 43.0. The monoisotopic (exact) mass is 657 g/mol. The van der Waals surface area contributed by atoms with Gasteiger partial charge in [-0.2, -0.15) is 10.2 Å². The highest BCUT2D eigenvalue weighted by Gasteiger charge is 2.92. The van der Waals surface area contributed by atoms with E-state index in [-0.39, 0.29) is 51.6 Å². The number of rotatable bonds is 7. The minimum atomic E-state index is -3.76. The van der Waals surface area contributed by atoms with Gasteiger partial charge in [-0.1, -0.05) is 18.2 Å². The summed E-state index contributed by atoms with van der Waals surface area (Å²) in [6, 6.07) is 5.23. The number of nitrogens with two attached hydrogens (primary N) is 2. The Balaban J connectivity index is 1.06. The number of piperidine rings is 2. The predicted molar refractivity (Wildman–Crippen MR) is 175 cm³/mol. The van der Waals surface area contributed by atoms with Gasteiger partial charge in [0.05, 0.1) is 24.0 Å². The molecule has 3 aromatic heterocycles. The van der Waals surface area contributed by atoms with Crippen LogP contribution in [0.5, 0.6) is 0 Å². The molecule has 0 aromatic carbocycles. The van der Waals surface area contributed by atoms with E-state index in [2.05, 4.69) is 30.5 Å². The molecular formula is C33H36FN9O3S. The summed E-state index contributed by atoms with van der Waals surface area (Å²) in [4.78, 5) is 20.2. The molecule has 3 aromatic rings. The van der Waals surface area contributed by atoms with Crippen LogP contribution in [0.4, 0.5) is 16.0 Å². The maximum absolute atomic E-state index is 14.5. The maximum atomic E-state index is 14.5. The zero-order chi connectivity index (χ0) is 32.7. The third-order valence-electron chi connectivity index (χ3n) is 12.1. The van der Waals surface area contributed by atoms with Crippen molar-refractivity contribution < 1.29 is 17.6 Å². The second-order valence-electron chi connectivity index (χ2n) is 14.4. The summed E-state index contributed by atoms with van der Waals surface area (Å²) in [5.41, 5.74) is 14.4. The molecular weight excluding hydrogens is 621 g/mol. The van der Waals surface area contributed by atoms with Gasteiger partial charge in [0.25, 0.3) is 0 Å². The molecule has 47 heavy (non-hydrogen) atoms. The number of hydrogen-bond acceptors (Lipinski definition) is 10. The van der Waals surface area contributed by atoms with E-state index < -0.39 is 15.4 Å². The number of nitrogens with zero attached hydrogens (tertiary/aromatic N) is 5. The predicted octanol–water partition coefficient (Wildman–Crippen LogP) is 3.58. The Morgan fingerprint density at radius 2 is 2.04 bits per heavy atom. The van der Waals surface area contributed by atoms with Gasteiger partial charge in [-0.3, -0.25) is 19.8 Å². The van der Waals surface area contributed by atoms with Crippen LogP contribution in [-0.4, -0.2) is 74.5 Å². The number of pyridine rings is 1. The number of aromatic amines is 1. The van der Waals surface area contributed by atoms with E-state index in [1.54, 1.807) is 30.6 Å². The van der Waals surface area contributed by atoms with Gasteiger partial charge in [-0.15, -0.1) is 0 Å². The van der Waals surface area contributed by atoms with E-state index in [0.717, 1.165) is 31.4 Å². The molecule has 5 heterocycles. The SMILES string of the molecule is CC1([C@H]2C[C@@H]3C4CN(CC(=O)c5cc(N)n[nH]5)[C@]5(C2)CC435)Nc2c(-c3ccc(C4=C(F)CCC=C4)nc3)cnn2C(N)=C1S(C)(=O)=O. The lowest BCUT2D eigenvalue weighted by Crippen LogP contribution is -2.55. The van der Waals surface area contributed by atoms with E-state index >= 15 is 0 Å². The zero-order valence-corrected chi connectivity index (χ0v) is 26.9. The van der Waals surface area contributed by atoms with Gasteiger partial charge in [0.2, 0.25) is 0 Å². The minimum Gasteiger partial charge on any atom is -0.383 e. The van der Waals surface area contributed by atoms with E-state index in [1.807, 2.05) is 19.1 Å². The molecule has 4 fully saturated rings. The topological polar surface area (TPSA) is 178 Å². The molecule has 0 amide bonds. The van der Waals surface area contributed by atoms with Crippen molar-refractivity contribution in [3.05, 3.63) is 64.9 Å². The van der Waals surface area contributed by atoms with Gasteiger partial charge in [0, 0.05) is 53.7 Å². The molecule has 14 heteroatoms. The maximum Gasteiger partial charge on any atom is 0.194 e. The first-order valence-electron chi connectivity index (χ1n) is 16.1. The lowest BCUT2D eigenvalue weighted by atomic mass is 9.72. The van der Waals surface area contributed by atoms with Crippen LogP contribution in [-0.2, 0) is 9.84 Å². The number of Topliss-reactive ketones (excluding diaryl/α,β-unsaturated/α-hetero) is 1. The van der Waals surface area contributed by atoms with Crippen molar-refractivity contribution >= 4 is 38.7 Å². The summed E-state index contributed by atoms with van der Waals surface area (Å²) in [7, 11) is -3.76. The fourth-order valence-electron chi connectivity index (χ4n) is 10.0. The number of carbonyl (C=O) groups excluding carboxylic acids is 1. The first-order chi connectivity index (χ1) is 22.4. The standard InChI is InChI=1S/C33H36FN9O3S/c1-31(18-9-21-22-14-42(32(11-18)16-33(21,22)32)15-26(44)25-10-27(35)41-40-25)28(47(2,45)46)29(36)43-30(39-31)20(13-38-43)17-7-8-24(37-12-17)19-5-3-4-6-23(19)34/h3,5,7-8,10,12-13,18,21-22,39H,4,6,9,11,14-16,36H2,1-2H3,(H3,35,40,41)/t18-,21+,22?,31?,32+,33?/m0/s1. The molecule has 6 aliphatic rings. The molecule has 0 radical (unpaired) electrons. The Bertz CT molecular complexity index is 2100. The number of sulfone groups is 1. The molecule has 6 N–H and O–H groups in total. The van der Waals surface area contributed by atoms with Crippen molar-refractivity contribution in [3.63, 3.8) is 0 Å². The molecule has 0 bridgehead atoms. The molecule has 12 nitrogen and oxygen atoms in total. The molecule has 6 atom stereocenters.